The summed E-state index contributed by atoms with van der Waals surface area (Å²) in [6.07, 6.45) is -1.96. The highest BCUT2D eigenvalue weighted by atomic mass is 19.4. The van der Waals surface area contributed by atoms with Crippen LogP contribution in [0.1, 0.15) is 48.1 Å². The molecule has 2 aliphatic heterocycles. The number of benzene rings is 1. The van der Waals surface area contributed by atoms with Gasteiger partial charge in [-0.25, -0.2) is 14.8 Å². The normalized spacial score (nSPS) is 17.7. The average Bonchev–Trinajstić information content (AvgIpc) is 3.30. The van der Waals surface area contributed by atoms with Crippen LogP contribution < -0.4 is 15.1 Å². The maximum atomic E-state index is 13.6. The van der Waals surface area contributed by atoms with Gasteiger partial charge in [0, 0.05) is 37.7 Å². The Bertz CT molecular complexity index is 1390. The van der Waals surface area contributed by atoms with Gasteiger partial charge in [0.15, 0.2) is 23.3 Å². The Morgan fingerprint density at radius 1 is 1.24 bits per heavy atom. The molecule has 38 heavy (non-hydrogen) atoms. The molecule has 11 heteroatoms. The van der Waals surface area contributed by atoms with Crippen molar-refractivity contribution >= 4 is 29.0 Å². The zero-order chi connectivity index (χ0) is 27.2. The van der Waals surface area contributed by atoms with Gasteiger partial charge < -0.3 is 14.6 Å². The number of halogens is 3. The van der Waals surface area contributed by atoms with Crippen LogP contribution in [0.25, 0.3) is 11.3 Å². The number of Topliss-reactive ketones (excluding diaryl/α,β-unsaturated/α-hetero) is 1. The Balaban J connectivity index is 1.47. The summed E-state index contributed by atoms with van der Waals surface area (Å²) in [5, 5.41) is 2.92. The number of hydrogen-bond acceptors (Lipinski definition) is 6. The fraction of sp³-hybridized carbons (Fsp3) is 0.407. The van der Waals surface area contributed by atoms with Gasteiger partial charge in [-0.1, -0.05) is 19.1 Å². The van der Waals surface area contributed by atoms with Crippen LogP contribution in [0.4, 0.5) is 35.2 Å². The highest BCUT2D eigenvalue weighted by molar-refractivity contribution is 6.05. The number of anilines is 3. The number of nitrogens with zero attached hydrogens (tertiary/aromatic N) is 4. The predicted octanol–water partition coefficient (Wildman–Crippen LogP) is 6.15. The van der Waals surface area contributed by atoms with Crippen LogP contribution in [-0.4, -0.2) is 47.1 Å². The van der Waals surface area contributed by atoms with E-state index >= 15 is 0 Å². The van der Waals surface area contributed by atoms with Gasteiger partial charge in [0.05, 0.1) is 23.8 Å². The van der Waals surface area contributed by atoms with Gasteiger partial charge in [0.2, 0.25) is 0 Å². The first-order chi connectivity index (χ1) is 18.0. The van der Waals surface area contributed by atoms with Gasteiger partial charge in [-0.05, 0) is 43.5 Å². The minimum Gasteiger partial charge on any atom is -0.441 e. The zero-order valence-electron chi connectivity index (χ0n) is 21.3. The molecule has 1 unspecified atom stereocenters. The molecule has 2 atom stereocenters. The van der Waals surface area contributed by atoms with Crippen molar-refractivity contribution in [1.29, 1.82) is 0 Å². The number of hydrogen-bond donors (Lipinski definition) is 1. The average molecular weight is 528 g/mol. The smallest absolute Gasteiger partial charge is 0.391 e. The number of amides is 2. The number of aromatic nitrogens is 2. The van der Waals surface area contributed by atoms with Crippen LogP contribution >= 0.6 is 0 Å². The monoisotopic (exact) mass is 527 g/mol. The van der Waals surface area contributed by atoms with E-state index in [0.29, 0.717) is 35.1 Å². The second kappa shape index (κ2) is 9.77. The van der Waals surface area contributed by atoms with Gasteiger partial charge in [-0.15, -0.1) is 0 Å². The van der Waals surface area contributed by atoms with Crippen LogP contribution in [0.15, 0.2) is 40.9 Å². The lowest BCUT2D eigenvalue weighted by molar-refractivity contribution is -0.168. The van der Waals surface area contributed by atoms with Crippen LogP contribution in [0, 0.1) is 19.8 Å². The Hall–Kier alpha value is -3.89. The molecule has 2 aliphatic rings. The molecule has 1 fully saturated rings. The third-order valence-electron chi connectivity index (χ3n) is 7.06. The van der Waals surface area contributed by atoms with Crippen molar-refractivity contribution in [3.8, 4) is 11.3 Å². The first-order valence-corrected chi connectivity index (χ1v) is 12.5. The van der Waals surface area contributed by atoms with Crippen molar-refractivity contribution in [2.75, 3.05) is 28.2 Å². The van der Waals surface area contributed by atoms with Crippen molar-refractivity contribution in [2.24, 2.45) is 5.92 Å². The van der Waals surface area contributed by atoms with E-state index in [1.165, 1.54) is 0 Å². The number of alkyl halides is 3. The molecular weight excluding hydrogens is 499 g/mol. The molecule has 5 rings (SSSR count). The SMILES string of the molecule is Cc1ncc(-c2cccc(NC(=O)N3c4nc(C(=O)CC(C)C(F)(F)F)c(C)cc4N4CCC[C@H]3C4)c2)o1. The second-order valence-electron chi connectivity index (χ2n) is 9.93. The van der Waals surface area contributed by atoms with Gasteiger partial charge >= 0.3 is 12.2 Å². The third kappa shape index (κ3) is 4.97. The van der Waals surface area contributed by atoms with Crippen molar-refractivity contribution in [3.63, 3.8) is 0 Å². The first kappa shape index (κ1) is 25.7. The molecule has 200 valence electrons. The second-order valence-corrected chi connectivity index (χ2v) is 9.93. The van der Waals surface area contributed by atoms with Crippen LogP contribution in [0.3, 0.4) is 0 Å². The lowest BCUT2D eigenvalue weighted by Crippen LogP contribution is -2.56. The van der Waals surface area contributed by atoms with Crippen molar-refractivity contribution < 1.29 is 27.2 Å². The molecule has 0 aliphatic carbocycles. The molecule has 2 aromatic heterocycles. The summed E-state index contributed by atoms with van der Waals surface area (Å²) in [7, 11) is 0. The highest BCUT2D eigenvalue weighted by Gasteiger charge is 2.41. The quantitative estimate of drug-likeness (QED) is 0.401. The molecule has 1 N–H and O–H groups in total. The molecular formula is C27H28F3N5O3. The molecule has 3 aromatic rings. The summed E-state index contributed by atoms with van der Waals surface area (Å²) in [6, 6.07) is 8.28. The van der Waals surface area contributed by atoms with Gasteiger partial charge in [-0.2, -0.15) is 13.2 Å². The van der Waals surface area contributed by atoms with Crippen LogP contribution in [0.5, 0.6) is 0 Å². The largest absolute Gasteiger partial charge is 0.441 e. The number of carbonyl (C=O) groups excluding carboxylic acids is 2. The molecule has 2 bridgehead atoms. The number of aryl methyl sites for hydroxylation is 2. The predicted molar refractivity (Wildman–Crippen MR) is 137 cm³/mol. The molecule has 0 radical (unpaired) electrons. The maximum absolute atomic E-state index is 13.6. The summed E-state index contributed by atoms with van der Waals surface area (Å²) in [5.74, 6) is -1.11. The lowest BCUT2D eigenvalue weighted by atomic mass is 9.97. The van der Waals surface area contributed by atoms with E-state index in [4.69, 9.17) is 4.42 Å². The summed E-state index contributed by atoms with van der Waals surface area (Å²) in [6.45, 7) is 5.77. The number of nitrogens with one attached hydrogen (secondary N) is 1. The number of pyridine rings is 1. The van der Waals surface area contributed by atoms with Crippen molar-refractivity contribution in [2.45, 2.75) is 52.3 Å². The number of carbonyl (C=O) groups is 2. The van der Waals surface area contributed by atoms with Crippen LogP contribution in [-0.2, 0) is 0 Å². The Kier molecular flexibility index (Phi) is 6.62. The van der Waals surface area contributed by atoms with Gasteiger partial charge in [0.25, 0.3) is 0 Å². The van der Waals surface area contributed by atoms with E-state index in [-0.39, 0.29) is 17.6 Å². The number of urea groups is 1. The number of fused-ring (bicyclic) bond motifs is 4. The standard InChI is InChI=1S/C27H28F3N5O3/c1-15-10-21-25(33-24(15)22(36)11-16(2)27(28,29)30)35(20-8-5-9-34(21)14-20)26(37)32-19-7-4-6-18(12-19)23-13-31-17(3)38-23/h4,6-7,10,12-13,16,20H,5,8-9,11,14H2,1-3H3,(H,32,37)/t16?,20-/m0/s1. The molecule has 0 saturated carbocycles. The highest BCUT2D eigenvalue weighted by Crippen LogP contribution is 2.40. The Morgan fingerprint density at radius 2 is 2.03 bits per heavy atom. The topological polar surface area (TPSA) is 91.6 Å². The summed E-state index contributed by atoms with van der Waals surface area (Å²) in [4.78, 5) is 38.8. The van der Waals surface area contributed by atoms with E-state index in [0.717, 1.165) is 31.9 Å². The Labute approximate surface area is 217 Å². The molecule has 1 saturated heterocycles. The number of ketones is 1. The van der Waals surface area contributed by atoms with Crippen molar-refractivity contribution in [1.82, 2.24) is 9.97 Å². The molecule has 1 aromatic carbocycles. The minimum absolute atomic E-state index is 0.0403. The maximum Gasteiger partial charge on any atom is 0.391 e. The number of piperidine rings is 1. The van der Waals surface area contributed by atoms with E-state index in [9.17, 15) is 22.8 Å². The van der Waals surface area contributed by atoms with E-state index in [1.807, 2.05) is 6.07 Å². The summed E-state index contributed by atoms with van der Waals surface area (Å²) >= 11 is 0. The van der Waals surface area contributed by atoms with Crippen LogP contribution in [0.2, 0.25) is 0 Å². The Morgan fingerprint density at radius 3 is 2.74 bits per heavy atom. The molecule has 0 spiro atoms. The fourth-order valence-electron chi connectivity index (χ4n) is 5.02. The van der Waals surface area contributed by atoms with E-state index < -0.39 is 30.3 Å². The fourth-order valence-corrected chi connectivity index (χ4v) is 5.02. The molecule has 8 nitrogen and oxygen atoms in total. The summed E-state index contributed by atoms with van der Waals surface area (Å²) < 4.78 is 44.9. The molecule has 2 amide bonds. The molecule has 4 heterocycles. The van der Waals surface area contributed by atoms with Gasteiger partial charge in [0.1, 0.15) is 5.69 Å². The number of rotatable bonds is 5. The third-order valence-corrected chi connectivity index (χ3v) is 7.06. The summed E-state index contributed by atoms with van der Waals surface area (Å²) in [5.41, 5.74) is 2.42. The van der Waals surface area contributed by atoms with Crippen molar-refractivity contribution in [3.05, 3.63) is 53.7 Å². The van der Waals surface area contributed by atoms with E-state index in [2.05, 4.69) is 20.2 Å². The zero-order valence-corrected chi connectivity index (χ0v) is 21.3. The minimum atomic E-state index is -4.48. The van der Waals surface area contributed by atoms with E-state index in [1.54, 1.807) is 49.2 Å². The first-order valence-electron chi connectivity index (χ1n) is 12.5. The lowest BCUT2D eigenvalue weighted by Gasteiger charge is -2.46. The van der Waals surface area contributed by atoms with Gasteiger partial charge in [-0.3, -0.25) is 9.69 Å². The number of oxazole rings is 1.